The number of nitrogens with one attached hydrogen (secondary N) is 1. The summed E-state index contributed by atoms with van der Waals surface area (Å²) in [7, 11) is 1.34. The molecule has 0 aliphatic heterocycles. The fourth-order valence-corrected chi connectivity index (χ4v) is 3.22. The molecular formula is C23H37NO3. The average Bonchev–Trinajstić information content (AvgIpc) is 2.70. The lowest BCUT2D eigenvalue weighted by Crippen LogP contribution is -2.34. The lowest BCUT2D eigenvalue weighted by atomic mass is 10.0. The normalized spacial score (nSPS) is 11.8. The summed E-state index contributed by atoms with van der Waals surface area (Å²) in [4.78, 5) is 24.2. The molecule has 1 N–H and O–H groups in total. The van der Waals surface area contributed by atoms with Gasteiger partial charge in [-0.1, -0.05) is 101 Å². The molecule has 0 aromatic heterocycles. The number of unbranched alkanes of at least 4 members (excludes halogenated alkanes) is 10. The van der Waals surface area contributed by atoms with E-state index in [1.165, 1.54) is 64.9 Å². The number of carbonyl (C=O) groups excluding carboxylic acids is 2. The average molecular weight is 376 g/mol. The molecule has 0 saturated heterocycles. The van der Waals surface area contributed by atoms with Crippen LogP contribution in [0.2, 0.25) is 0 Å². The highest BCUT2D eigenvalue weighted by Gasteiger charge is 2.22. The lowest BCUT2D eigenvalue weighted by molar-refractivity contribution is -0.145. The molecule has 1 rings (SSSR count). The molecule has 152 valence electrons. The first-order chi connectivity index (χ1) is 13.2. The van der Waals surface area contributed by atoms with Crippen LogP contribution in [0.3, 0.4) is 0 Å². The van der Waals surface area contributed by atoms with Gasteiger partial charge in [0.25, 0.3) is 0 Å². The van der Waals surface area contributed by atoms with E-state index >= 15 is 0 Å². The summed E-state index contributed by atoms with van der Waals surface area (Å²) in [5, 5.41) is 2.81. The Morgan fingerprint density at radius 3 is 1.89 bits per heavy atom. The Kier molecular flexibility index (Phi) is 13.1. The number of hydrogen-bond donors (Lipinski definition) is 1. The summed E-state index contributed by atoms with van der Waals surface area (Å²) in [5.41, 5.74) is 0.747. The van der Waals surface area contributed by atoms with Crippen LogP contribution >= 0.6 is 0 Å². The fraction of sp³-hybridized carbons (Fsp3) is 0.652. The van der Waals surface area contributed by atoms with Gasteiger partial charge in [-0.05, 0) is 12.0 Å². The van der Waals surface area contributed by atoms with E-state index in [9.17, 15) is 9.59 Å². The van der Waals surface area contributed by atoms with E-state index in [1.54, 1.807) is 0 Å². The molecule has 0 aliphatic rings. The zero-order valence-electron chi connectivity index (χ0n) is 17.2. The number of rotatable bonds is 15. The molecule has 4 nitrogen and oxygen atoms in total. The molecule has 0 bridgehead atoms. The first-order valence-corrected chi connectivity index (χ1v) is 10.6. The Balaban J connectivity index is 2.14. The summed E-state index contributed by atoms with van der Waals surface area (Å²) in [6.45, 7) is 2.25. The number of methoxy groups -OCH3 is 1. The SMILES string of the molecule is CCCCCCCCCCCCCC(=O)NC(C(=O)OC)c1ccccc1. The van der Waals surface area contributed by atoms with Gasteiger partial charge in [0.15, 0.2) is 6.04 Å². The highest BCUT2D eigenvalue weighted by molar-refractivity contribution is 5.85. The highest BCUT2D eigenvalue weighted by Crippen LogP contribution is 2.15. The second kappa shape index (κ2) is 15.2. The molecule has 0 heterocycles. The third-order valence-electron chi connectivity index (χ3n) is 4.88. The molecule has 1 aromatic carbocycles. The van der Waals surface area contributed by atoms with Gasteiger partial charge in [-0.2, -0.15) is 0 Å². The van der Waals surface area contributed by atoms with E-state index in [0.717, 1.165) is 18.4 Å². The summed E-state index contributed by atoms with van der Waals surface area (Å²) in [5.74, 6) is -0.529. The van der Waals surface area contributed by atoms with Gasteiger partial charge in [0, 0.05) is 6.42 Å². The van der Waals surface area contributed by atoms with Crippen LogP contribution in [0, 0.1) is 0 Å². The summed E-state index contributed by atoms with van der Waals surface area (Å²) >= 11 is 0. The van der Waals surface area contributed by atoms with Gasteiger partial charge in [0.05, 0.1) is 7.11 Å². The van der Waals surface area contributed by atoms with E-state index in [0.29, 0.717) is 6.42 Å². The van der Waals surface area contributed by atoms with Crippen LogP contribution in [-0.2, 0) is 14.3 Å². The second-order valence-corrected chi connectivity index (χ2v) is 7.22. The molecule has 0 aliphatic carbocycles. The summed E-state index contributed by atoms with van der Waals surface area (Å²) in [6.07, 6.45) is 14.2. The molecule has 1 aromatic rings. The zero-order chi connectivity index (χ0) is 19.7. The molecular weight excluding hydrogens is 338 g/mol. The second-order valence-electron chi connectivity index (χ2n) is 7.22. The van der Waals surface area contributed by atoms with Gasteiger partial charge in [0.2, 0.25) is 5.91 Å². The fourth-order valence-electron chi connectivity index (χ4n) is 3.22. The number of esters is 1. The van der Waals surface area contributed by atoms with Crippen molar-refractivity contribution in [3.8, 4) is 0 Å². The number of hydrogen-bond acceptors (Lipinski definition) is 3. The Labute approximate surface area is 165 Å². The van der Waals surface area contributed by atoms with Crippen molar-refractivity contribution in [1.29, 1.82) is 0 Å². The van der Waals surface area contributed by atoms with Gasteiger partial charge >= 0.3 is 5.97 Å². The van der Waals surface area contributed by atoms with E-state index in [4.69, 9.17) is 4.74 Å². The van der Waals surface area contributed by atoms with Crippen LogP contribution < -0.4 is 5.32 Å². The van der Waals surface area contributed by atoms with E-state index < -0.39 is 12.0 Å². The van der Waals surface area contributed by atoms with Gasteiger partial charge in [-0.25, -0.2) is 4.79 Å². The Morgan fingerprint density at radius 1 is 0.852 bits per heavy atom. The first kappa shape index (κ1) is 23.2. The Bertz CT molecular complexity index is 516. The minimum absolute atomic E-state index is 0.0924. The molecule has 1 unspecified atom stereocenters. The minimum atomic E-state index is -0.726. The number of ether oxygens (including phenoxy) is 1. The molecule has 4 heteroatoms. The summed E-state index contributed by atoms with van der Waals surface area (Å²) in [6, 6.07) is 8.50. The van der Waals surface area contributed by atoms with Crippen molar-refractivity contribution < 1.29 is 14.3 Å². The van der Waals surface area contributed by atoms with Crippen molar-refractivity contribution in [3.63, 3.8) is 0 Å². The molecule has 0 radical (unpaired) electrons. The van der Waals surface area contributed by atoms with Crippen molar-refractivity contribution in [2.75, 3.05) is 7.11 Å². The van der Waals surface area contributed by atoms with Crippen LogP contribution in [0.4, 0.5) is 0 Å². The highest BCUT2D eigenvalue weighted by atomic mass is 16.5. The zero-order valence-corrected chi connectivity index (χ0v) is 17.2. The van der Waals surface area contributed by atoms with Crippen LogP contribution in [0.15, 0.2) is 30.3 Å². The molecule has 27 heavy (non-hydrogen) atoms. The molecule has 0 saturated carbocycles. The number of amides is 1. The van der Waals surface area contributed by atoms with Crippen LogP contribution in [0.1, 0.15) is 95.6 Å². The lowest BCUT2D eigenvalue weighted by Gasteiger charge is -2.16. The minimum Gasteiger partial charge on any atom is -0.467 e. The Hall–Kier alpha value is -1.84. The van der Waals surface area contributed by atoms with Crippen molar-refractivity contribution in [1.82, 2.24) is 5.32 Å². The van der Waals surface area contributed by atoms with E-state index in [-0.39, 0.29) is 5.91 Å². The first-order valence-electron chi connectivity index (χ1n) is 10.6. The number of benzene rings is 1. The van der Waals surface area contributed by atoms with Crippen molar-refractivity contribution in [2.45, 2.75) is 90.0 Å². The van der Waals surface area contributed by atoms with Gasteiger partial charge in [0.1, 0.15) is 0 Å². The van der Waals surface area contributed by atoms with E-state index in [2.05, 4.69) is 12.2 Å². The molecule has 0 spiro atoms. The van der Waals surface area contributed by atoms with Crippen LogP contribution in [0.25, 0.3) is 0 Å². The maximum absolute atomic E-state index is 12.2. The topological polar surface area (TPSA) is 55.4 Å². The van der Waals surface area contributed by atoms with Crippen LogP contribution in [0.5, 0.6) is 0 Å². The molecule has 1 amide bonds. The number of carbonyl (C=O) groups is 2. The third-order valence-corrected chi connectivity index (χ3v) is 4.88. The summed E-state index contributed by atoms with van der Waals surface area (Å²) < 4.78 is 4.83. The predicted octanol–water partition coefficient (Wildman–Crippen LogP) is 5.72. The Morgan fingerprint density at radius 2 is 1.37 bits per heavy atom. The third kappa shape index (κ3) is 10.8. The van der Waals surface area contributed by atoms with Gasteiger partial charge in [-0.15, -0.1) is 0 Å². The van der Waals surface area contributed by atoms with Crippen LogP contribution in [-0.4, -0.2) is 19.0 Å². The monoisotopic (exact) mass is 375 g/mol. The molecule has 0 fully saturated rings. The van der Waals surface area contributed by atoms with Gasteiger partial charge in [-0.3, -0.25) is 4.79 Å². The largest absolute Gasteiger partial charge is 0.467 e. The van der Waals surface area contributed by atoms with Crippen molar-refractivity contribution in [3.05, 3.63) is 35.9 Å². The maximum atomic E-state index is 12.2. The van der Waals surface area contributed by atoms with Gasteiger partial charge < -0.3 is 10.1 Å². The van der Waals surface area contributed by atoms with E-state index in [1.807, 2.05) is 30.3 Å². The predicted molar refractivity (Wildman–Crippen MR) is 110 cm³/mol. The quantitative estimate of drug-likeness (QED) is 0.315. The van der Waals surface area contributed by atoms with Crippen molar-refractivity contribution in [2.24, 2.45) is 0 Å². The maximum Gasteiger partial charge on any atom is 0.333 e. The standard InChI is InChI=1S/C23H37NO3/c1-3-4-5-6-7-8-9-10-11-12-16-19-21(25)24-22(23(26)27-2)20-17-14-13-15-18-20/h13-15,17-18,22H,3-12,16,19H2,1-2H3,(H,24,25). The smallest absolute Gasteiger partial charge is 0.333 e. The van der Waals surface area contributed by atoms with Crippen molar-refractivity contribution >= 4 is 11.9 Å². The molecule has 1 atom stereocenters.